The number of nitrogens with one attached hydrogen (secondary N) is 1. The molecule has 182 valence electrons. The van der Waals surface area contributed by atoms with E-state index >= 15 is 0 Å². The molecule has 3 aliphatic heterocycles. The lowest BCUT2D eigenvalue weighted by atomic mass is 9.83. The van der Waals surface area contributed by atoms with Gasteiger partial charge in [0, 0.05) is 45.2 Å². The number of hydroxylamine groups is 1. The molecule has 0 unspecified atom stereocenters. The minimum Gasteiger partial charge on any atom is -0.342 e. The number of amides is 2. The molecule has 2 N–H and O–H groups in total. The van der Waals surface area contributed by atoms with Crippen LogP contribution in [0.15, 0.2) is 35.3 Å². The molecule has 9 heteroatoms. The van der Waals surface area contributed by atoms with Crippen LogP contribution in [0.2, 0.25) is 0 Å². The number of hydrogen-bond donors (Lipinski definition) is 2. The van der Waals surface area contributed by atoms with Crippen molar-refractivity contribution in [2.24, 2.45) is 16.8 Å². The van der Waals surface area contributed by atoms with E-state index in [4.69, 9.17) is 0 Å². The maximum Gasteiger partial charge on any atom is 0.249 e. The molecular weight excluding hydrogens is 432 g/mol. The number of nitriles is 1. The Balaban J connectivity index is 1.47. The van der Waals surface area contributed by atoms with Gasteiger partial charge in [-0.15, -0.1) is 4.99 Å². The van der Waals surface area contributed by atoms with E-state index in [0.29, 0.717) is 37.9 Å². The van der Waals surface area contributed by atoms with E-state index < -0.39 is 17.7 Å². The van der Waals surface area contributed by atoms with Crippen molar-refractivity contribution in [3.05, 3.63) is 35.9 Å². The normalized spacial score (nSPS) is 26.1. The average molecular weight is 467 g/mol. The van der Waals surface area contributed by atoms with Crippen LogP contribution in [0.5, 0.6) is 0 Å². The highest BCUT2D eigenvalue weighted by molar-refractivity contribution is 5.89. The van der Waals surface area contributed by atoms with Crippen LogP contribution in [0.3, 0.4) is 0 Å². The number of piperidine rings is 1. The minimum absolute atomic E-state index is 0.0276. The molecule has 3 heterocycles. The second-order valence-corrected chi connectivity index (χ2v) is 9.52. The molecule has 3 atom stereocenters. The predicted octanol–water partition coefficient (Wildman–Crippen LogP) is 2.16. The van der Waals surface area contributed by atoms with Gasteiger partial charge in [0.25, 0.3) is 0 Å². The molecule has 34 heavy (non-hydrogen) atoms. The maximum atomic E-state index is 13.5. The number of carbonyl (C=O) groups is 2. The first kappa shape index (κ1) is 24.0. The van der Waals surface area contributed by atoms with Crippen LogP contribution in [0.25, 0.3) is 0 Å². The molecular formula is C25H34N6O3. The number of nitrogens with zero attached hydrogens (tertiary/aromatic N) is 5. The fourth-order valence-electron chi connectivity index (χ4n) is 5.63. The molecule has 0 saturated carbocycles. The number of carbonyl (C=O) groups excluding carboxylic acids is 2. The molecule has 3 aliphatic rings. The zero-order valence-corrected chi connectivity index (χ0v) is 19.6. The molecule has 0 aliphatic carbocycles. The van der Waals surface area contributed by atoms with Gasteiger partial charge in [-0.1, -0.05) is 43.2 Å². The van der Waals surface area contributed by atoms with Crippen molar-refractivity contribution < 1.29 is 14.8 Å². The van der Waals surface area contributed by atoms with Crippen molar-refractivity contribution in [3.8, 4) is 6.19 Å². The Labute approximate surface area is 201 Å². The number of guanidine groups is 1. The SMILES string of the molecule is N#C/N=C(\N1CCCCCC1)N1CC[C@H](C(=O)N2CC[C@H](c3ccccc3)C2)[C@@H](C(=O)NO)C1. The molecule has 1 aromatic carbocycles. The van der Waals surface area contributed by atoms with Gasteiger partial charge in [-0.25, -0.2) is 5.48 Å². The van der Waals surface area contributed by atoms with Crippen molar-refractivity contribution in [3.63, 3.8) is 0 Å². The number of rotatable bonds is 3. The topological polar surface area (TPSA) is 112 Å². The average Bonchev–Trinajstić information content (AvgIpc) is 3.23. The number of likely N-dealkylation sites (tertiary alicyclic amines) is 3. The molecule has 0 spiro atoms. The smallest absolute Gasteiger partial charge is 0.249 e. The number of benzene rings is 1. The van der Waals surface area contributed by atoms with Gasteiger partial charge in [-0.2, -0.15) is 5.26 Å². The van der Waals surface area contributed by atoms with Crippen LogP contribution < -0.4 is 5.48 Å². The summed E-state index contributed by atoms with van der Waals surface area (Å²) in [5, 5.41) is 18.7. The summed E-state index contributed by atoms with van der Waals surface area (Å²) in [5.41, 5.74) is 3.00. The van der Waals surface area contributed by atoms with Gasteiger partial charge in [-0.3, -0.25) is 14.8 Å². The van der Waals surface area contributed by atoms with Crippen molar-refractivity contribution >= 4 is 17.8 Å². The lowest BCUT2D eigenvalue weighted by molar-refractivity contribution is -0.147. The first-order valence-corrected chi connectivity index (χ1v) is 12.4. The first-order chi connectivity index (χ1) is 16.6. The van der Waals surface area contributed by atoms with Crippen molar-refractivity contribution in [2.75, 3.05) is 39.3 Å². The van der Waals surface area contributed by atoms with E-state index in [2.05, 4.69) is 22.0 Å². The fourth-order valence-corrected chi connectivity index (χ4v) is 5.63. The van der Waals surface area contributed by atoms with Gasteiger partial charge in [0.2, 0.25) is 24.0 Å². The van der Waals surface area contributed by atoms with Crippen molar-refractivity contribution in [1.29, 1.82) is 5.26 Å². The highest BCUT2D eigenvalue weighted by atomic mass is 16.5. The van der Waals surface area contributed by atoms with Gasteiger partial charge < -0.3 is 14.7 Å². The number of hydrogen-bond acceptors (Lipinski definition) is 5. The molecule has 3 saturated heterocycles. The highest BCUT2D eigenvalue weighted by Gasteiger charge is 2.43. The van der Waals surface area contributed by atoms with E-state index in [1.54, 1.807) is 5.48 Å². The van der Waals surface area contributed by atoms with Crippen LogP contribution in [0.4, 0.5) is 0 Å². The monoisotopic (exact) mass is 466 g/mol. The van der Waals surface area contributed by atoms with Gasteiger partial charge in [0.1, 0.15) is 0 Å². The molecule has 0 radical (unpaired) electrons. The second-order valence-electron chi connectivity index (χ2n) is 9.52. The van der Waals surface area contributed by atoms with E-state index in [9.17, 15) is 20.1 Å². The Bertz CT molecular complexity index is 922. The first-order valence-electron chi connectivity index (χ1n) is 12.4. The van der Waals surface area contributed by atoms with Crippen LogP contribution in [-0.4, -0.2) is 76.9 Å². The zero-order chi connectivity index (χ0) is 23.9. The molecule has 4 rings (SSSR count). The third-order valence-electron chi connectivity index (χ3n) is 7.47. The van der Waals surface area contributed by atoms with E-state index in [-0.39, 0.29) is 12.5 Å². The Kier molecular flexibility index (Phi) is 8.01. The highest BCUT2D eigenvalue weighted by Crippen LogP contribution is 2.32. The quantitative estimate of drug-likeness (QED) is 0.232. The molecule has 3 fully saturated rings. The molecule has 1 aromatic rings. The lowest BCUT2D eigenvalue weighted by Crippen LogP contribution is -2.56. The third kappa shape index (κ3) is 5.33. The van der Waals surface area contributed by atoms with E-state index in [1.807, 2.05) is 34.2 Å². The summed E-state index contributed by atoms with van der Waals surface area (Å²) < 4.78 is 0. The molecule has 9 nitrogen and oxygen atoms in total. The van der Waals surface area contributed by atoms with Gasteiger partial charge in [-0.05, 0) is 31.2 Å². The van der Waals surface area contributed by atoms with Crippen LogP contribution in [0.1, 0.15) is 50.0 Å². The Morgan fingerprint density at radius 1 is 0.912 bits per heavy atom. The molecule has 0 bridgehead atoms. The largest absolute Gasteiger partial charge is 0.342 e. The summed E-state index contributed by atoms with van der Waals surface area (Å²) in [4.78, 5) is 36.2. The van der Waals surface area contributed by atoms with Gasteiger partial charge in [0.15, 0.2) is 0 Å². The zero-order valence-electron chi connectivity index (χ0n) is 19.6. The molecule has 2 amide bonds. The maximum absolute atomic E-state index is 13.5. The molecule has 0 aromatic heterocycles. The minimum atomic E-state index is -0.710. The Morgan fingerprint density at radius 3 is 2.29 bits per heavy atom. The standard InChI is InChI=1S/C25H34N6O3/c26-18-27-25(29-12-6-1-2-7-13-29)31-15-11-21(22(17-31)23(32)28-34)24(33)30-14-10-20(16-30)19-8-4-3-5-9-19/h3-5,8-9,20-22,34H,1-2,6-7,10-17H2,(H,28,32)/b27-25+/t20-,21-,22-/m0/s1. The van der Waals surface area contributed by atoms with Crippen LogP contribution in [-0.2, 0) is 9.59 Å². The third-order valence-corrected chi connectivity index (χ3v) is 7.47. The van der Waals surface area contributed by atoms with Crippen LogP contribution >= 0.6 is 0 Å². The van der Waals surface area contributed by atoms with E-state index in [1.165, 1.54) is 5.56 Å². The Morgan fingerprint density at radius 2 is 1.62 bits per heavy atom. The summed E-state index contributed by atoms with van der Waals surface area (Å²) >= 11 is 0. The number of aliphatic imine (C=N–C) groups is 1. The summed E-state index contributed by atoms with van der Waals surface area (Å²) in [5.74, 6) is -0.929. The second kappa shape index (κ2) is 11.3. The fraction of sp³-hybridized carbons (Fsp3) is 0.600. The lowest BCUT2D eigenvalue weighted by Gasteiger charge is -2.41. The van der Waals surface area contributed by atoms with E-state index in [0.717, 1.165) is 45.2 Å². The van der Waals surface area contributed by atoms with Crippen LogP contribution in [0, 0.1) is 23.3 Å². The summed E-state index contributed by atoms with van der Waals surface area (Å²) in [6.07, 6.45) is 7.68. The summed E-state index contributed by atoms with van der Waals surface area (Å²) in [6.45, 7) is 3.75. The van der Waals surface area contributed by atoms with Crippen molar-refractivity contribution in [2.45, 2.75) is 44.4 Å². The van der Waals surface area contributed by atoms with Gasteiger partial charge in [0.05, 0.1) is 11.8 Å². The predicted molar refractivity (Wildman–Crippen MR) is 127 cm³/mol. The Hall–Kier alpha value is -3.12. The summed E-state index contributed by atoms with van der Waals surface area (Å²) in [6, 6.07) is 10.2. The van der Waals surface area contributed by atoms with Gasteiger partial charge >= 0.3 is 0 Å². The summed E-state index contributed by atoms with van der Waals surface area (Å²) in [7, 11) is 0. The van der Waals surface area contributed by atoms with Crippen molar-refractivity contribution in [1.82, 2.24) is 20.2 Å².